The van der Waals surface area contributed by atoms with Crippen molar-refractivity contribution in [3.05, 3.63) is 52.5 Å². The molecule has 0 radical (unpaired) electrons. The van der Waals surface area contributed by atoms with Crippen molar-refractivity contribution >= 4 is 29.2 Å². The van der Waals surface area contributed by atoms with Gasteiger partial charge in [0.15, 0.2) is 5.54 Å². The highest BCUT2D eigenvalue weighted by Gasteiger charge is 2.58. The fraction of sp³-hybridized carbons (Fsp3) is 0.520. The monoisotopic (exact) mass is 468 g/mol. The molecule has 2 fully saturated rings. The molecule has 2 aromatic rings. The second kappa shape index (κ2) is 9.25. The molecular formula is C25H32N4O3S. The molecule has 4 heterocycles. The number of carbonyl (C=O) groups excluding carboxylic acids is 3. The molecule has 0 saturated carbocycles. The van der Waals surface area contributed by atoms with E-state index in [2.05, 4.69) is 31.1 Å². The number of piperidine rings is 1. The van der Waals surface area contributed by atoms with E-state index in [-0.39, 0.29) is 29.2 Å². The first-order chi connectivity index (χ1) is 15.7. The fourth-order valence-electron chi connectivity index (χ4n) is 4.86. The zero-order valence-electron chi connectivity index (χ0n) is 19.5. The lowest BCUT2D eigenvalue weighted by molar-refractivity contribution is -0.137. The van der Waals surface area contributed by atoms with E-state index in [0.29, 0.717) is 51.0 Å². The summed E-state index contributed by atoms with van der Waals surface area (Å²) in [4.78, 5) is 48.4. The van der Waals surface area contributed by atoms with Gasteiger partial charge in [0.25, 0.3) is 5.91 Å². The average Bonchev–Trinajstić information content (AvgIpc) is 3.39. The smallest absolute Gasteiger partial charge is 0.325 e. The van der Waals surface area contributed by atoms with Crippen molar-refractivity contribution in [2.45, 2.75) is 52.0 Å². The van der Waals surface area contributed by atoms with Crippen LogP contribution in [0, 0.1) is 11.3 Å². The molecule has 0 aromatic carbocycles. The number of hydrogen-bond donors (Lipinski definition) is 1. The summed E-state index contributed by atoms with van der Waals surface area (Å²) in [6.45, 7) is 7.67. The van der Waals surface area contributed by atoms with Gasteiger partial charge >= 0.3 is 6.03 Å². The van der Waals surface area contributed by atoms with E-state index in [9.17, 15) is 14.4 Å². The number of hydrogen-bond acceptors (Lipinski definition) is 5. The molecule has 7 nitrogen and oxygen atoms in total. The van der Waals surface area contributed by atoms with Crippen molar-refractivity contribution in [1.82, 2.24) is 20.1 Å². The van der Waals surface area contributed by atoms with Gasteiger partial charge in [0.1, 0.15) is 0 Å². The van der Waals surface area contributed by atoms with Gasteiger partial charge in [-0.2, -0.15) is 0 Å². The summed E-state index contributed by atoms with van der Waals surface area (Å²) in [5.41, 5.74) is -0.685. The summed E-state index contributed by atoms with van der Waals surface area (Å²) in [5.74, 6) is -0.219. The van der Waals surface area contributed by atoms with E-state index in [1.165, 1.54) is 4.90 Å². The van der Waals surface area contributed by atoms with Crippen LogP contribution in [-0.4, -0.2) is 52.3 Å². The Morgan fingerprint density at radius 2 is 1.94 bits per heavy atom. The minimum Gasteiger partial charge on any atom is -0.343 e. The summed E-state index contributed by atoms with van der Waals surface area (Å²) in [6, 6.07) is 9.09. The number of nitrogens with one attached hydrogen (secondary N) is 1. The molecule has 0 spiro atoms. The van der Waals surface area contributed by atoms with Crippen LogP contribution in [0.1, 0.15) is 50.6 Å². The molecule has 33 heavy (non-hydrogen) atoms. The Kier molecular flexibility index (Phi) is 6.56. The second-order valence-corrected chi connectivity index (χ2v) is 11.2. The maximum absolute atomic E-state index is 13.8. The van der Waals surface area contributed by atoms with Crippen molar-refractivity contribution in [2.24, 2.45) is 11.3 Å². The third-order valence-electron chi connectivity index (χ3n) is 6.50. The fourth-order valence-corrected chi connectivity index (χ4v) is 5.56. The van der Waals surface area contributed by atoms with E-state index < -0.39 is 5.54 Å². The number of nitrogens with zero attached hydrogens (tertiary/aromatic N) is 3. The SMILES string of the molecule is CC(C)(C)CC(=O)N1CCC([C@@]2(c3ccccn3)NC(=O)N(CCc3cccs3)C2=O)CC1. The average molecular weight is 469 g/mol. The highest BCUT2D eigenvalue weighted by molar-refractivity contribution is 7.09. The van der Waals surface area contributed by atoms with Crippen LogP contribution in [0.3, 0.4) is 0 Å². The number of carbonyl (C=O) groups is 3. The van der Waals surface area contributed by atoms with E-state index in [4.69, 9.17) is 0 Å². The Hall–Kier alpha value is -2.74. The molecule has 0 unspecified atom stereocenters. The van der Waals surface area contributed by atoms with E-state index >= 15 is 0 Å². The molecule has 0 aliphatic carbocycles. The van der Waals surface area contributed by atoms with Gasteiger partial charge in [-0.05, 0) is 48.3 Å². The zero-order valence-corrected chi connectivity index (χ0v) is 20.4. The number of likely N-dealkylation sites (tertiary alicyclic amines) is 1. The minimum absolute atomic E-state index is 0.0679. The molecule has 4 rings (SSSR count). The predicted octanol–water partition coefficient (Wildman–Crippen LogP) is 3.81. The molecule has 1 atom stereocenters. The van der Waals surface area contributed by atoms with E-state index in [1.807, 2.05) is 34.5 Å². The first kappa shape index (κ1) is 23.4. The molecule has 2 saturated heterocycles. The standard InChI is InChI=1S/C25H32N4O3S/c1-24(2,3)17-21(30)28-13-9-18(10-14-28)25(20-8-4-5-12-26-20)22(31)29(23(32)27-25)15-11-19-7-6-16-33-19/h4-8,12,16,18H,9-11,13-15,17H2,1-3H3,(H,27,32)/t25-/m0/s1. The maximum Gasteiger partial charge on any atom is 0.325 e. The molecule has 1 N–H and O–H groups in total. The third kappa shape index (κ3) is 4.81. The van der Waals surface area contributed by atoms with Crippen LogP contribution in [0.4, 0.5) is 4.79 Å². The summed E-state index contributed by atoms with van der Waals surface area (Å²) in [7, 11) is 0. The minimum atomic E-state index is -1.19. The van der Waals surface area contributed by atoms with Gasteiger partial charge in [-0.25, -0.2) is 4.79 Å². The van der Waals surface area contributed by atoms with Gasteiger partial charge in [-0.1, -0.05) is 32.9 Å². The molecular weight excluding hydrogens is 436 g/mol. The Morgan fingerprint density at radius 1 is 1.18 bits per heavy atom. The summed E-state index contributed by atoms with van der Waals surface area (Å²) in [5, 5.41) is 5.03. The highest BCUT2D eigenvalue weighted by atomic mass is 32.1. The first-order valence-corrected chi connectivity index (χ1v) is 12.4. The number of pyridine rings is 1. The number of amides is 4. The Morgan fingerprint density at radius 3 is 2.55 bits per heavy atom. The number of aromatic nitrogens is 1. The lowest BCUT2D eigenvalue weighted by atomic mass is 9.75. The number of thiophene rings is 1. The van der Waals surface area contributed by atoms with Gasteiger partial charge in [0.05, 0.1) is 5.69 Å². The van der Waals surface area contributed by atoms with Gasteiger partial charge in [-0.15, -0.1) is 11.3 Å². The molecule has 8 heteroatoms. The van der Waals surface area contributed by atoms with Crippen LogP contribution in [0.25, 0.3) is 0 Å². The van der Waals surface area contributed by atoms with Gasteiger partial charge < -0.3 is 10.2 Å². The van der Waals surface area contributed by atoms with Gasteiger partial charge in [0, 0.05) is 43.0 Å². The van der Waals surface area contributed by atoms with E-state index in [0.717, 1.165) is 4.88 Å². The second-order valence-electron chi connectivity index (χ2n) is 10.1. The van der Waals surface area contributed by atoms with E-state index in [1.54, 1.807) is 23.6 Å². The highest BCUT2D eigenvalue weighted by Crippen LogP contribution is 2.41. The lowest BCUT2D eigenvalue weighted by Gasteiger charge is -2.41. The largest absolute Gasteiger partial charge is 0.343 e. The molecule has 2 aliphatic rings. The summed E-state index contributed by atoms with van der Waals surface area (Å²) < 4.78 is 0. The van der Waals surface area contributed by atoms with Crippen molar-refractivity contribution < 1.29 is 14.4 Å². The Balaban J connectivity index is 1.55. The van der Waals surface area contributed by atoms with Crippen molar-refractivity contribution in [3.8, 4) is 0 Å². The van der Waals surface area contributed by atoms with Crippen LogP contribution in [0.15, 0.2) is 41.9 Å². The molecule has 176 valence electrons. The quantitative estimate of drug-likeness (QED) is 0.654. The zero-order chi connectivity index (χ0) is 23.6. The third-order valence-corrected chi connectivity index (χ3v) is 7.44. The number of rotatable bonds is 6. The number of imide groups is 1. The van der Waals surface area contributed by atoms with Crippen LogP contribution in [0.2, 0.25) is 0 Å². The lowest BCUT2D eigenvalue weighted by Crippen LogP contribution is -2.54. The van der Waals surface area contributed by atoms with Crippen LogP contribution >= 0.6 is 11.3 Å². The van der Waals surface area contributed by atoms with Crippen LogP contribution < -0.4 is 5.32 Å². The number of urea groups is 1. The van der Waals surface area contributed by atoms with Crippen molar-refractivity contribution in [2.75, 3.05) is 19.6 Å². The van der Waals surface area contributed by atoms with Gasteiger partial charge in [-0.3, -0.25) is 19.5 Å². The van der Waals surface area contributed by atoms with Crippen molar-refractivity contribution in [3.63, 3.8) is 0 Å². The maximum atomic E-state index is 13.8. The molecule has 4 amide bonds. The Labute approximate surface area is 199 Å². The van der Waals surface area contributed by atoms with Gasteiger partial charge in [0.2, 0.25) is 5.91 Å². The topological polar surface area (TPSA) is 82.6 Å². The molecule has 2 aromatic heterocycles. The first-order valence-electron chi connectivity index (χ1n) is 11.6. The molecule has 2 aliphatic heterocycles. The predicted molar refractivity (Wildman–Crippen MR) is 128 cm³/mol. The van der Waals surface area contributed by atoms with Crippen LogP contribution in [0.5, 0.6) is 0 Å². The summed E-state index contributed by atoms with van der Waals surface area (Å²) >= 11 is 1.62. The normalized spacial score (nSPS) is 22.0. The molecule has 0 bridgehead atoms. The van der Waals surface area contributed by atoms with Crippen LogP contribution in [-0.2, 0) is 21.5 Å². The van der Waals surface area contributed by atoms with Crippen molar-refractivity contribution in [1.29, 1.82) is 0 Å². The Bertz CT molecular complexity index is 994. The summed E-state index contributed by atoms with van der Waals surface area (Å²) in [6.07, 6.45) is 4.06.